The molecule has 0 bridgehead atoms. The number of benzene rings is 8. The molecule has 0 saturated carbocycles. The minimum Gasteiger partial charge on any atom is -0.366 e. The van der Waals surface area contributed by atoms with Gasteiger partial charge in [-0.15, -0.1) is 11.1 Å². The van der Waals surface area contributed by atoms with Crippen LogP contribution in [0.1, 0.15) is 11.1 Å². The first-order valence-electron chi connectivity index (χ1n) is 16.5. The summed E-state index contributed by atoms with van der Waals surface area (Å²) in [4.78, 5) is 0. The largest absolute Gasteiger partial charge is 1.00 e. The molecule has 0 heterocycles. The van der Waals surface area contributed by atoms with Crippen LogP contribution in [0, 0.1) is 24.7 Å². The number of rotatable bonds is 4. The molecule has 0 aliphatic rings. The van der Waals surface area contributed by atoms with Crippen molar-refractivity contribution >= 4 is 69.5 Å². The summed E-state index contributed by atoms with van der Waals surface area (Å²) in [7, 11) is -0.736. The van der Waals surface area contributed by atoms with Crippen LogP contribution in [0.3, 0.4) is 0 Å². The molecule has 8 aromatic rings. The molecule has 0 atom stereocenters. The molecule has 0 aromatic heterocycles. The Labute approximate surface area is 336 Å². The number of fused-ring (bicyclic) bond motifs is 4. The van der Waals surface area contributed by atoms with Crippen LogP contribution in [0.2, 0.25) is 0 Å². The summed E-state index contributed by atoms with van der Waals surface area (Å²) in [6.07, 6.45) is 14.9. The van der Waals surface area contributed by atoms with E-state index < -0.39 is 7.92 Å². The van der Waals surface area contributed by atoms with Crippen LogP contribution >= 0.6 is 15.8 Å². The van der Waals surface area contributed by atoms with Crippen molar-refractivity contribution in [2.24, 2.45) is 0 Å². The van der Waals surface area contributed by atoms with Crippen molar-refractivity contribution in [3.05, 3.63) is 194 Å². The van der Waals surface area contributed by atoms with Gasteiger partial charge in [0.15, 0.2) is 5.90 Å². The Hall–Kier alpha value is -3.74. The van der Waals surface area contributed by atoms with Crippen molar-refractivity contribution in [3.8, 4) is 11.8 Å². The monoisotopic (exact) mass is 878 g/mol. The Balaban J connectivity index is 0.000000168. The van der Waals surface area contributed by atoms with Gasteiger partial charge >= 0.3 is 44.8 Å². The third-order valence-electron chi connectivity index (χ3n) is 8.57. The molecule has 0 radical (unpaired) electrons. The normalized spacial score (nSPS) is 10.2. The van der Waals surface area contributed by atoms with Crippen LogP contribution in [0.15, 0.2) is 170 Å². The predicted molar refractivity (Wildman–Crippen MR) is 221 cm³/mol. The molecule has 0 aliphatic heterocycles. The Kier molecular flexibility index (Phi) is 15.5. The van der Waals surface area contributed by atoms with E-state index in [2.05, 4.69) is 122 Å². The van der Waals surface area contributed by atoms with Crippen molar-refractivity contribution in [2.45, 2.75) is 0 Å². The maximum Gasteiger partial charge on any atom is 1.00 e. The summed E-state index contributed by atoms with van der Waals surface area (Å²) >= 11 is 0. The number of hydrogen-bond acceptors (Lipinski definition) is 0. The molecule has 256 valence electrons. The molecule has 4 heteroatoms. The third-order valence-corrected chi connectivity index (χ3v) is 14.9. The van der Waals surface area contributed by atoms with E-state index in [9.17, 15) is 0 Å². The maximum absolute atomic E-state index is 7.46. The maximum atomic E-state index is 7.46. The number of hydrogen-bond donors (Lipinski definition) is 0. The second kappa shape index (κ2) is 19.8. The topological polar surface area (TPSA) is 0 Å². The first kappa shape index (κ1) is 40.0. The van der Waals surface area contributed by atoms with Crippen LogP contribution in [-0.4, -0.2) is 19.2 Å². The summed E-state index contributed by atoms with van der Waals surface area (Å²) in [5, 5.41) is 12.1. The van der Waals surface area contributed by atoms with E-state index in [0.717, 1.165) is 54.2 Å². The first-order chi connectivity index (χ1) is 24.1. The van der Waals surface area contributed by atoms with E-state index in [0.29, 0.717) is 0 Å². The molecule has 0 saturated heterocycles. The molecule has 0 N–H and O–H groups in total. The van der Waals surface area contributed by atoms with Crippen molar-refractivity contribution in [1.82, 2.24) is 0 Å². The van der Waals surface area contributed by atoms with Gasteiger partial charge in [0, 0.05) is 21.3 Å². The van der Waals surface area contributed by atoms with Gasteiger partial charge in [-0.05, 0) is 57.9 Å². The van der Waals surface area contributed by atoms with Gasteiger partial charge < -0.3 is 12.8 Å². The second-order valence-corrected chi connectivity index (χ2v) is 18.2. The van der Waals surface area contributed by atoms with Crippen molar-refractivity contribution < 1.29 is 44.8 Å². The van der Waals surface area contributed by atoms with Gasteiger partial charge in [0.1, 0.15) is 18.5 Å². The molecule has 0 fully saturated rings. The molecule has 0 spiro atoms. The molecule has 51 heavy (non-hydrogen) atoms. The third kappa shape index (κ3) is 9.78. The molecule has 8 rings (SSSR count). The molecule has 0 amide bonds. The van der Waals surface area contributed by atoms with E-state index in [4.69, 9.17) is 12.8 Å². The zero-order valence-electron chi connectivity index (χ0n) is 28.5. The van der Waals surface area contributed by atoms with Gasteiger partial charge in [-0.3, -0.25) is 11.8 Å². The van der Waals surface area contributed by atoms with Crippen LogP contribution in [0.25, 0.3) is 43.1 Å². The van der Waals surface area contributed by atoms with Crippen LogP contribution in [0.5, 0.6) is 0 Å². The first-order valence-corrected chi connectivity index (χ1v) is 20.9. The van der Waals surface area contributed by atoms with E-state index in [1.54, 1.807) is 10.6 Å². The van der Waals surface area contributed by atoms with E-state index in [1.807, 2.05) is 72.8 Å². The molecular formula is C47H38Ag2P2+2. The molecular weight excluding hydrogens is 842 g/mol. The zero-order valence-corrected chi connectivity index (χ0v) is 33.4. The molecule has 8 aromatic carbocycles. The molecule has 0 unspecified atom stereocenters. The van der Waals surface area contributed by atoms with Crippen LogP contribution in [0.4, 0.5) is 0 Å². The fraction of sp³-hybridized carbons (Fsp3) is 0.0638. The predicted octanol–water partition coefficient (Wildman–Crippen LogP) is 11.1. The molecule has 0 nitrogen and oxygen atoms in total. The van der Waals surface area contributed by atoms with Crippen LogP contribution in [-0.2, 0) is 44.8 Å². The summed E-state index contributed by atoms with van der Waals surface area (Å²) in [6.45, 7) is 4.84. The Morgan fingerprint density at radius 2 is 0.686 bits per heavy atom. The van der Waals surface area contributed by atoms with Gasteiger partial charge in [-0.2, -0.15) is 0 Å². The smallest absolute Gasteiger partial charge is 0.366 e. The van der Waals surface area contributed by atoms with Crippen LogP contribution < -0.4 is 10.6 Å². The van der Waals surface area contributed by atoms with Gasteiger partial charge in [-0.25, -0.2) is 0 Å². The van der Waals surface area contributed by atoms with Gasteiger partial charge in [0.05, 0.1) is 0 Å². The second-order valence-electron chi connectivity index (χ2n) is 12.2. The van der Waals surface area contributed by atoms with E-state index in [1.165, 1.54) is 5.90 Å². The molecule has 0 aliphatic carbocycles. The Bertz CT molecular complexity index is 2150. The average Bonchev–Trinajstić information content (AvgIpc) is 3.16. The fourth-order valence-corrected chi connectivity index (χ4v) is 12.3. The minimum atomic E-state index is -0.554. The van der Waals surface area contributed by atoms with Crippen molar-refractivity contribution in [2.75, 3.05) is 19.2 Å². The fourth-order valence-electron chi connectivity index (χ4n) is 6.30. The zero-order chi connectivity index (χ0) is 34.0. The quantitative estimate of drug-likeness (QED) is 0.0543. The van der Waals surface area contributed by atoms with E-state index >= 15 is 0 Å². The van der Waals surface area contributed by atoms with Crippen molar-refractivity contribution in [3.63, 3.8) is 0 Å². The standard InChI is InChI=1S/2C16H9.C15H18P2.2Ag/c2*1-2-14-15-9-5-3-7-12(15)11-13-8-4-6-10-16(13)14;1-16(2)13-17(14-9-5-3-6-10-14)15-11-7-4-8-12-15;;/h2*3-11H;3-12H,13H2,1-2H3;;/q2*-1;;2*+1/p+2. The summed E-state index contributed by atoms with van der Waals surface area (Å²) in [5.41, 5.74) is 1.77. The average molecular weight is 881 g/mol. The minimum absolute atomic E-state index is 0. The Morgan fingerprint density at radius 1 is 0.412 bits per heavy atom. The summed E-state index contributed by atoms with van der Waals surface area (Å²) in [6, 6.07) is 58.9. The summed E-state index contributed by atoms with van der Waals surface area (Å²) < 4.78 is 0. The van der Waals surface area contributed by atoms with Crippen molar-refractivity contribution in [1.29, 1.82) is 0 Å². The van der Waals surface area contributed by atoms with Gasteiger partial charge in [-0.1, -0.05) is 155 Å². The van der Waals surface area contributed by atoms with Gasteiger partial charge in [0.2, 0.25) is 0 Å². The SMILES string of the molecule is C[PH+](C)C[PH+](c1ccccc1)c1ccccc1.[Ag+].[Ag+].[C-]#Cc1c2ccccc2cc2ccccc12.[C-]#Cc1c2ccccc2cc2ccccc12. The Morgan fingerprint density at radius 3 is 0.961 bits per heavy atom. The summed E-state index contributed by atoms with van der Waals surface area (Å²) in [5.74, 6) is 6.53. The van der Waals surface area contributed by atoms with E-state index in [-0.39, 0.29) is 52.7 Å². The van der Waals surface area contributed by atoms with Gasteiger partial charge in [0.25, 0.3) is 0 Å².